The van der Waals surface area contributed by atoms with E-state index in [2.05, 4.69) is 6.92 Å². The highest BCUT2D eigenvalue weighted by atomic mass is 19.4. The van der Waals surface area contributed by atoms with E-state index in [1.807, 2.05) is 12.1 Å². The molecule has 2 aromatic carbocycles. The van der Waals surface area contributed by atoms with Gasteiger partial charge in [-0.2, -0.15) is 13.2 Å². The van der Waals surface area contributed by atoms with Gasteiger partial charge in [0.15, 0.2) is 5.78 Å². The number of benzene rings is 2. The standard InChI is InChI=1S/C27H33F3O2/c1-3-5-6-7-18-8-10-19(11-9-18)20-12-14-21(15-13-20)22-16-17-23(24(31)4-2)26(32)25(22)27(28,29)30/h12-19,32H,3-11H2,1-2H3. The number of halogens is 3. The van der Waals surface area contributed by atoms with Crippen LogP contribution < -0.4 is 0 Å². The lowest BCUT2D eigenvalue weighted by Gasteiger charge is -2.29. The van der Waals surface area contributed by atoms with E-state index in [1.54, 1.807) is 19.1 Å². The first-order valence-electron chi connectivity index (χ1n) is 11.8. The molecule has 0 amide bonds. The molecule has 0 atom stereocenters. The second kappa shape index (κ2) is 10.5. The van der Waals surface area contributed by atoms with E-state index in [1.165, 1.54) is 50.7 Å². The van der Waals surface area contributed by atoms with Crippen molar-refractivity contribution in [2.45, 2.75) is 83.7 Å². The zero-order valence-electron chi connectivity index (χ0n) is 19.0. The minimum absolute atomic E-state index is 0.0275. The van der Waals surface area contributed by atoms with Gasteiger partial charge in [0, 0.05) is 6.42 Å². The number of hydrogen-bond acceptors (Lipinski definition) is 2. The summed E-state index contributed by atoms with van der Waals surface area (Å²) in [5.41, 5.74) is 0.0262. The number of hydrogen-bond donors (Lipinski definition) is 1. The number of aromatic hydroxyl groups is 1. The second-order valence-electron chi connectivity index (χ2n) is 8.99. The highest BCUT2D eigenvalue weighted by Gasteiger charge is 2.38. The number of carbonyl (C=O) groups is 1. The van der Waals surface area contributed by atoms with E-state index in [4.69, 9.17) is 0 Å². The Morgan fingerprint density at radius 3 is 2.19 bits per heavy atom. The van der Waals surface area contributed by atoms with Gasteiger partial charge < -0.3 is 5.11 Å². The van der Waals surface area contributed by atoms with E-state index < -0.39 is 23.3 Å². The molecule has 0 aromatic heterocycles. The Morgan fingerprint density at radius 2 is 1.62 bits per heavy atom. The fraction of sp³-hybridized carbons (Fsp3) is 0.519. The minimum atomic E-state index is -4.77. The Hall–Kier alpha value is -2.30. The molecule has 1 fully saturated rings. The van der Waals surface area contributed by atoms with Gasteiger partial charge in [-0.1, -0.05) is 69.9 Å². The van der Waals surface area contributed by atoms with Gasteiger partial charge in [-0.15, -0.1) is 0 Å². The number of Topliss-reactive ketones (excluding diaryl/α,β-unsaturated/α-hetero) is 1. The Morgan fingerprint density at radius 1 is 0.969 bits per heavy atom. The SMILES string of the molecule is CCCCCC1CCC(c2ccc(-c3ccc(C(=O)CC)c(O)c3C(F)(F)F)cc2)CC1. The molecule has 174 valence electrons. The number of carbonyl (C=O) groups excluding carboxylic acids is 1. The zero-order valence-corrected chi connectivity index (χ0v) is 19.0. The summed E-state index contributed by atoms with van der Waals surface area (Å²) in [5.74, 6) is -0.238. The molecule has 5 heteroatoms. The third kappa shape index (κ3) is 5.54. The van der Waals surface area contributed by atoms with Gasteiger partial charge >= 0.3 is 6.18 Å². The van der Waals surface area contributed by atoms with Crippen molar-refractivity contribution in [2.24, 2.45) is 5.92 Å². The average Bonchev–Trinajstić information content (AvgIpc) is 2.78. The van der Waals surface area contributed by atoms with Gasteiger partial charge in [-0.25, -0.2) is 0 Å². The normalized spacial score (nSPS) is 19.2. The van der Waals surface area contributed by atoms with E-state index in [0.717, 1.165) is 24.3 Å². The molecule has 0 radical (unpaired) electrons. The molecule has 0 saturated heterocycles. The van der Waals surface area contributed by atoms with Crippen LogP contribution in [-0.4, -0.2) is 10.9 Å². The Kier molecular flexibility index (Phi) is 8.02. The molecule has 1 aliphatic carbocycles. The van der Waals surface area contributed by atoms with Crippen LogP contribution in [-0.2, 0) is 6.18 Å². The van der Waals surface area contributed by atoms with Gasteiger partial charge in [0.1, 0.15) is 11.3 Å². The van der Waals surface area contributed by atoms with Crippen molar-refractivity contribution < 1.29 is 23.1 Å². The van der Waals surface area contributed by atoms with Crippen LogP contribution in [0, 0.1) is 5.92 Å². The molecule has 0 unspecified atom stereocenters. The summed E-state index contributed by atoms with van der Waals surface area (Å²) in [5, 5.41) is 10.3. The fourth-order valence-electron chi connectivity index (χ4n) is 4.94. The van der Waals surface area contributed by atoms with Crippen LogP contribution in [0.4, 0.5) is 13.2 Å². The highest BCUT2D eigenvalue weighted by Crippen LogP contribution is 2.45. The van der Waals surface area contributed by atoms with Crippen molar-refractivity contribution in [1.29, 1.82) is 0 Å². The third-order valence-corrected chi connectivity index (χ3v) is 6.84. The smallest absolute Gasteiger partial charge is 0.420 e. The molecular formula is C27H33F3O2. The van der Waals surface area contributed by atoms with E-state index in [0.29, 0.717) is 11.5 Å². The number of alkyl halides is 3. The molecule has 3 rings (SSSR count). The van der Waals surface area contributed by atoms with E-state index in [9.17, 15) is 23.1 Å². The molecule has 0 spiro atoms. The van der Waals surface area contributed by atoms with Crippen LogP contribution in [0.25, 0.3) is 11.1 Å². The summed E-state index contributed by atoms with van der Waals surface area (Å²) in [6.07, 6.45) is 5.09. The topological polar surface area (TPSA) is 37.3 Å². The molecule has 0 bridgehead atoms. The lowest BCUT2D eigenvalue weighted by Crippen LogP contribution is -2.13. The predicted molar refractivity (Wildman–Crippen MR) is 122 cm³/mol. The van der Waals surface area contributed by atoms with Crippen molar-refractivity contribution in [3.05, 3.63) is 53.1 Å². The maximum atomic E-state index is 13.8. The Bertz CT molecular complexity index is 908. The first-order valence-corrected chi connectivity index (χ1v) is 11.8. The number of phenols is 1. The van der Waals surface area contributed by atoms with E-state index in [-0.39, 0.29) is 17.5 Å². The molecule has 1 N–H and O–H groups in total. The molecule has 2 aromatic rings. The fourth-order valence-corrected chi connectivity index (χ4v) is 4.94. The van der Waals surface area contributed by atoms with Crippen molar-refractivity contribution in [2.75, 3.05) is 0 Å². The highest BCUT2D eigenvalue weighted by molar-refractivity contribution is 5.99. The summed E-state index contributed by atoms with van der Waals surface area (Å²) in [7, 11) is 0. The van der Waals surface area contributed by atoms with Crippen LogP contribution in [0.5, 0.6) is 5.75 Å². The third-order valence-electron chi connectivity index (χ3n) is 6.84. The van der Waals surface area contributed by atoms with Gasteiger partial charge in [-0.05, 0) is 60.3 Å². The van der Waals surface area contributed by atoms with Crippen molar-refractivity contribution in [3.63, 3.8) is 0 Å². The number of ketones is 1. The monoisotopic (exact) mass is 446 g/mol. The van der Waals surface area contributed by atoms with Crippen molar-refractivity contribution in [1.82, 2.24) is 0 Å². The zero-order chi connectivity index (χ0) is 23.3. The van der Waals surface area contributed by atoms with Crippen molar-refractivity contribution in [3.8, 4) is 16.9 Å². The summed E-state index contributed by atoms with van der Waals surface area (Å²) in [6, 6.07) is 9.82. The largest absolute Gasteiger partial charge is 0.507 e. The summed E-state index contributed by atoms with van der Waals surface area (Å²) in [4.78, 5) is 12.0. The lowest BCUT2D eigenvalue weighted by atomic mass is 9.77. The van der Waals surface area contributed by atoms with Crippen LogP contribution in [0.2, 0.25) is 0 Å². The predicted octanol–water partition coefficient (Wildman–Crippen LogP) is 8.52. The second-order valence-corrected chi connectivity index (χ2v) is 8.99. The Labute approximate surface area is 188 Å². The van der Waals surface area contributed by atoms with Crippen LogP contribution >= 0.6 is 0 Å². The molecule has 2 nitrogen and oxygen atoms in total. The van der Waals surface area contributed by atoms with E-state index >= 15 is 0 Å². The number of unbranched alkanes of at least 4 members (excludes halogenated alkanes) is 2. The molecule has 1 aliphatic rings. The maximum absolute atomic E-state index is 13.8. The van der Waals surface area contributed by atoms with Crippen LogP contribution in [0.15, 0.2) is 36.4 Å². The first-order chi connectivity index (χ1) is 15.3. The summed E-state index contributed by atoms with van der Waals surface area (Å²) >= 11 is 0. The minimum Gasteiger partial charge on any atom is -0.507 e. The lowest BCUT2D eigenvalue weighted by molar-refractivity contribution is -0.138. The molecule has 32 heavy (non-hydrogen) atoms. The Balaban J connectivity index is 1.79. The molecular weight excluding hydrogens is 413 g/mol. The van der Waals surface area contributed by atoms with Gasteiger partial charge in [0.2, 0.25) is 0 Å². The number of phenolic OH excluding ortho intramolecular Hbond substituents is 1. The summed E-state index contributed by atoms with van der Waals surface area (Å²) < 4.78 is 41.4. The average molecular weight is 447 g/mol. The van der Waals surface area contributed by atoms with Gasteiger partial charge in [0.25, 0.3) is 0 Å². The molecule has 0 heterocycles. The van der Waals surface area contributed by atoms with Crippen LogP contribution in [0.1, 0.15) is 99.0 Å². The number of rotatable bonds is 8. The molecule has 0 aliphatic heterocycles. The first kappa shape index (κ1) is 24.3. The van der Waals surface area contributed by atoms with Crippen LogP contribution in [0.3, 0.4) is 0 Å². The molecule has 1 saturated carbocycles. The summed E-state index contributed by atoms with van der Waals surface area (Å²) in [6.45, 7) is 3.78. The van der Waals surface area contributed by atoms with Crippen molar-refractivity contribution >= 4 is 5.78 Å². The maximum Gasteiger partial charge on any atom is 0.420 e. The quantitative estimate of drug-likeness (QED) is 0.326. The van der Waals surface area contributed by atoms with Gasteiger partial charge in [-0.3, -0.25) is 4.79 Å². The van der Waals surface area contributed by atoms with Gasteiger partial charge in [0.05, 0.1) is 5.56 Å².